The Morgan fingerprint density at radius 3 is 2.45 bits per heavy atom. The molecule has 0 radical (unpaired) electrons. The first-order valence-electron chi connectivity index (χ1n) is 6.77. The third kappa shape index (κ3) is 4.35. The van der Waals surface area contributed by atoms with E-state index in [1.165, 1.54) is 0 Å². The summed E-state index contributed by atoms with van der Waals surface area (Å²) in [5, 5.41) is 2.85. The number of hydrogen-bond acceptors (Lipinski definition) is 2. The molecule has 0 spiro atoms. The summed E-state index contributed by atoms with van der Waals surface area (Å²) < 4.78 is 0. The first-order valence-corrected chi connectivity index (χ1v) is 6.77. The van der Waals surface area contributed by atoms with Crippen molar-refractivity contribution in [3.8, 4) is 0 Å². The number of benzene rings is 2. The number of hydrogen-bond donors (Lipinski definition) is 1. The van der Waals surface area contributed by atoms with Crippen molar-refractivity contribution in [3.05, 3.63) is 60.2 Å². The number of aliphatic imine (C=N–C) groups is 1. The lowest BCUT2D eigenvalue weighted by atomic mass is 10.2. The molecule has 102 valence electrons. The van der Waals surface area contributed by atoms with Gasteiger partial charge >= 0.3 is 0 Å². The van der Waals surface area contributed by atoms with Gasteiger partial charge in [-0.05, 0) is 36.2 Å². The SMILES string of the molecule is CCCC(=O)Nc1ccc(N=Cc2ccccc2)cc1. The topological polar surface area (TPSA) is 41.5 Å². The third-order valence-electron chi connectivity index (χ3n) is 2.79. The maximum absolute atomic E-state index is 11.5. The summed E-state index contributed by atoms with van der Waals surface area (Å²) in [7, 11) is 0. The molecule has 0 saturated heterocycles. The van der Waals surface area contributed by atoms with Crippen molar-refractivity contribution < 1.29 is 4.79 Å². The van der Waals surface area contributed by atoms with Gasteiger partial charge in [0.15, 0.2) is 0 Å². The summed E-state index contributed by atoms with van der Waals surface area (Å²) in [6.07, 6.45) is 3.23. The minimum atomic E-state index is 0.0491. The van der Waals surface area contributed by atoms with Crippen molar-refractivity contribution >= 4 is 23.5 Å². The molecule has 0 heterocycles. The first-order chi connectivity index (χ1) is 9.78. The zero-order valence-electron chi connectivity index (χ0n) is 11.5. The largest absolute Gasteiger partial charge is 0.326 e. The van der Waals surface area contributed by atoms with Crippen molar-refractivity contribution in [2.75, 3.05) is 5.32 Å². The molecule has 0 aliphatic heterocycles. The Labute approximate surface area is 119 Å². The van der Waals surface area contributed by atoms with E-state index in [-0.39, 0.29) is 5.91 Å². The average molecular weight is 266 g/mol. The molecule has 20 heavy (non-hydrogen) atoms. The minimum absolute atomic E-state index is 0.0491. The van der Waals surface area contributed by atoms with Gasteiger partial charge in [0, 0.05) is 18.3 Å². The van der Waals surface area contributed by atoms with Gasteiger partial charge in [0.05, 0.1) is 5.69 Å². The zero-order valence-corrected chi connectivity index (χ0v) is 11.5. The van der Waals surface area contributed by atoms with Crippen LogP contribution in [0, 0.1) is 0 Å². The van der Waals surface area contributed by atoms with Gasteiger partial charge in [0.1, 0.15) is 0 Å². The van der Waals surface area contributed by atoms with Gasteiger partial charge < -0.3 is 5.32 Å². The molecule has 0 saturated carbocycles. The van der Waals surface area contributed by atoms with Gasteiger partial charge in [-0.25, -0.2) is 0 Å². The summed E-state index contributed by atoms with van der Waals surface area (Å²) in [6.45, 7) is 1.99. The average Bonchev–Trinajstić information content (AvgIpc) is 2.48. The fraction of sp³-hybridized carbons (Fsp3) is 0.176. The number of amides is 1. The highest BCUT2D eigenvalue weighted by Crippen LogP contribution is 2.16. The van der Waals surface area contributed by atoms with Crippen LogP contribution in [0.25, 0.3) is 0 Å². The van der Waals surface area contributed by atoms with Crippen LogP contribution in [0.5, 0.6) is 0 Å². The first kappa shape index (κ1) is 14.0. The van der Waals surface area contributed by atoms with Gasteiger partial charge in [-0.3, -0.25) is 9.79 Å². The Balaban J connectivity index is 1.98. The second-order valence-electron chi connectivity index (χ2n) is 4.51. The predicted molar refractivity (Wildman–Crippen MR) is 83.7 cm³/mol. The molecule has 0 aliphatic carbocycles. The molecule has 3 nitrogen and oxygen atoms in total. The van der Waals surface area contributed by atoms with E-state index >= 15 is 0 Å². The molecule has 0 unspecified atom stereocenters. The number of carbonyl (C=O) groups excluding carboxylic acids is 1. The molecule has 1 N–H and O–H groups in total. The fourth-order valence-corrected chi connectivity index (χ4v) is 1.77. The number of anilines is 1. The summed E-state index contributed by atoms with van der Waals surface area (Å²) in [6, 6.07) is 17.5. The van der Waals surface area contributed by atoms with E-state index in [4.69, 9.17) is 0 Å². The van der Waals surface area contributed by atoms with Crippen LogP contribution in [0.3, 0.4) is 0 Å². The number of nitrogens with zero attached hydrogens (tertiary/aromatic N) is 1. The van der Waals surface area contributed by atoms with Crippen LogP contribution in [0.15, 0.2) is 59.6 Å². The molecule has 0 aromatic heterocycles. The highest BCUT2D eigenvalue weighted by Gasteiger charge is 1.99. The Kier molecular flexibility index (Phi) is 5.07. The molecule has 2 aromatic carbocycles. The van der Waals surface area contributed by atoms with Crippen LogP contribution in [0.4, 0.5) is 11.4 Å². The molecule has 0 fully saturated rings. The number of nitrogens with one attached hydrogen (secondary N) is 1. The fourth-order valence-electron chi connectivity index (χ4n) is 1.77. The maximum atomic E-state index is 11.5. The quantitative estimate of drug-likeness (QED) is 0.810. The van der Waals surface area contributed by atoms with Crippen molar-refractivity contribution in [1.29, 1.82) is 0 Å². The lowest BCUT2D eigenvalue weighted by Crippen LogP contribution is -2.10. The van der Waals surface area contributed by atoms with Gasteiger partial charge in [0.25, 0.3) is 0 Å². The van der Waals surface area contributed by atoms with E-state index < -0.39 is 0 Å². The Bertz CT molecular complexity index is 574. The molecule has 0 atom stereocenters. The second-order valence-corrected chi connectivity index (χ2v) is 4.51. The lowest BCUT2D eigenvalue weighted by Gasteiger charge is -2.04. The summed E-state index contributed by atoms with van der Waals surface area (Å²) >= 11 is 0. The number of rotatable bonds is 5. The summed E-state index contributed by atoms with van der Waals surface area (Å²) in [5.41, 5.74) is 2.73. The van der Waals surface area contributed by atoms with E-state index in [0.29, 0.717) is 6.42 Å². The van der Waals surface area contributed by atoms with Gasteiger partial charge in [-0.15, -0.1) is 0 Å². The molecular formula is C17H18N2O. The standard InChI is InChI=1S/C17H18N2O/c1-2-6-17(20)19-16-11-9-15(10-12-16)18-13-14-7-4-3-5-8-14/h3-5,7-13H,2,6H2,1H3,(H,19,20). The van der Waals surface area contributed by atoms with E-state index in [2.05, 4.69) is 10.3 Å². The highest BCUT2D eigenvalue weighted by molar-refractivity contribution is 5.90. The molecule has 0 aliphatic rings. The molecule has 0 bridgehead atoms. The second kappa shape index (κ2) is 7.24. The van der Waals surface area contributed by atoms with E-state index in [0.717, 1.165) is 23.4 Å². The van der Waals surface area contributed by atoms with E-state index in [9.17, 15) is 4.79 Å². The lowest BCUT2D eigenvalue weighted by molar-refractivity contribution is -0.116. The predicted octanol–water partition coefficient (Wildman–Crippen LogP) is 4.18. The Morgan fingerprint density at radius 2 is 1.80 bits per heavy atom. The van der Waals surface area contributed by atoms with Crippen molar-refractivity contribution in [3.63, 3.8) is 0 Å². The smallest absolute Gasteiger partial charge is 0.224 e. The van der Waals surface area contributed by atoms with Crippen molar-refractivity contribution in [2.45, 2.75) is 19.8 Å². The van der Waals surface area contributed by atoms with E-state index in [1.54, 1.807) is 0 Å². The van der Waals surface area contributed by atoms with Gasteiger partial charge in [0.2, 0.25) is 5.91 Å². The van der Waals surface area contributed by atoms with Crippen LogP contribution >= 0.6 is 0 Å². The minimum Gasteiger partial charge on any atom is -0.326 e. The molecule has 2 rings (SSSR count). The normalized spacial score (nSPS) is 10.7. The van der Waals surface area contributed by atoms with Crippen LogP contribution in [0.1, 0.15) is 25.3 Å². The van der Waals surface area contributed by atoms with Crippen LogP contribution in [-0.2, 0) is 4.79 Å². The highest BCUT2D eigenvalue weighted by atomic mass is 16.1. The van der Waals surface area contributed by atoms with Crippen LogP contribution < -0.4 is 5.32 Å². The Hall–Kier alpha value is -2.42. The van der Waals surface area contributed by atoms with Crippen molar-refractivity contribution in [2.24, 2.45) is 4.99 Å². The third-order valence-corrected chi connectivity index (χ3v) is 2.79. The maximum Gasteiger partial charge on any atom is 0.224 e. The van der Waals surface area contributed by atoms with E-state index in [1.807, 2.05) is 67.7 Å². The zero-order chi connectivity index (χ0) is 14.2. The summed E-state index contributed by atoms with van der Waals surface area (Å²) in [5.74, 6) is 0.0491. The molecule has 1 amide bonds. The Morgan fingerprint density at radius 1 is 1.10 bits per heavy atom. The molecule has 3 heteroatoms. The van der Waals surface area contributed by atoms with Gasteiger partial charge in [-0.2, -0.15) is 0 Å². The van der Waals surface area contributed by atoms with Gasteiger partial charge in [-0.1, -0.05) is 37.3 Å². The van der Waals surface area contributed by atoms with Crippen LogP contribution in [0.2, 0.25) is 0 Å². The van der Waals surface area contributed by atoms with Crippen LogP contribution in [-0.4, -0.2) is 12.1 Å². The molecular weight excluding hydrogens is 248 g/mol. The summed E-state index contributed by atoms with van der Waals surface area (Å²) in [4.78, 5) is 15.9. The molecule has 2 aromatic rings. The number of carbonyl (C=O) groups is 1. The van der Waals surface area contributed by atoms with Crippen molar-refractivity contribution in [1.82, 2.24) is 0 Å². The monoisotopic (exact) mass is 266 g/mol.